The van der Waals surface area contributed by atoms with Crippen LogP contribution in [0.15, 0.2) is 41.4 Å². The van der Waals surface area contributed by atoms with E-state index >= 15 is 0 Å². The van der Waals surface area contributed by atoms with E-state index in [-0.39, 0.29) is 6.17 Å². The molecular weight excluding hydrogens is 226 g/mol. The van der Waals surface area contributed by atoms with Crippen LogP contribution < -0.4 is 0 Å². The van der Waals surface area contributed by atoms with Crippen molar-refractivity contribution in [1.82, 2.24) is 9.78 Å². The van der Waals surface area contributed by atoms with Gasteiger partial charge in [0.2, 0.25) is 5.90 Å². The van der Waals surface area contributed by atoms with Crippen molar-refractivity contribution in [2.24, 2.45) is 4.99 Å². The number of nitrogens with zero attached hydrogens (tertiary/aromatic N) is 3. The fraction of sp³-hybridized carbons (Fsp3) is 0.286. The second-order valence-corrected chi connectivity index (χ2v) is 4.46. The van der Waals surface area contributed by atoms with Crippen LogP contribution in [0.25, 0.3) is 0 Å². The standard InChI is InChI=1S/C14H15N3O/c1-10-8-11(2)17(16-10)13-9-18-14(15-13)12-6-4-3-5-7-12/h3-8,13H,9H2,1-2H3. The molecule has 1 aromatic heterocycles. The van der Waals surface area contributed by atoms with E-state index in [2.05, 4.69) is 16.2 Å². The van der Waals surface area contributed by atoms with Gasteiger partial charge in [-0.2, -0.15) is 5.10 Å². The molecule has 0 saturated heterocycles. The van der Waals surface area contributed by atoms with Crippen molar-refractivity contribution in [2.45, 2.75) is 20.0 Å². The highest BCUT2D eigenvalue weighted by Gasteiger charge is 2.23. The van der Waals surface area contributed by atoms with Crippen molar-refractivity contribution >= 4 is 5.90 Å². The van der Waals surface area contributed by atoms with Crippen LogP contribution in [0, 0.1) is 13.8 Å². The summed E-state index contributed by atoms with van der Waals surface area (Å²) in [6, 6.07) is 12.0. The molecule has 1 atom stereocenters. The molecule has 0 fully saturated rings. The molecule has 2 heterocycles. The number of hydrogen-bond donors (Lipinski definition) is 0. The maximum atomic E-state index is 5.66. The minimum Gasteiger partial charge on any atom is -0.473 e. The van der Waals surface area contributed by atoms with Crippen LogP contribution in [-0.4, -0.2) is 22.3 Å². The lowest BCUT2D eigenvalue weighted by Gasteiger charge is -2.07. The van der Waals surface area contributed by atoms with Crippen LogP contribution in [0.3, 0.4) is 0 Å². The Morgan fingerprint density at radius 1 is 1.22 bits per heavy atom. The minimum atomic E-state index is -0.0473. The average Bonchev–Trinajstić information content (AvgIpc) is 2.97. The van der Waals surface area contributed by atoms with E-state index in [0.717, 1.165) is 17.0 Å². The first-order valence-corrected chi connectivity index (χ1v) is 6.03. The zero-order valence-corrected chi connectivity index (χ0v) is 10.5. The van der Waals surface area contributed by atoms with Crippen molar-refractivity contribution in [3.8, 4) is 0 Å². The summed E-state index contributed by atoms with van der Waals surface area (Å²) in [6.45, 7) is 4.57. The van der Waals surface area contributed by atoms with E-state index < -0.39 is 0 Å². The van der Waals surface area contributed by atoms with Gasteiger partial charge >= 0.3 is 0 Å². The molecule has 1 unspecified atom stereocenters. The number of rotatable bonds is 2. The summed E-state index contributed by atoms with van der Waals surface area (Å²) in [5, 5.41) is 4.45. The molecule has 0 saturated carbocycles. The Morgan fingerprint density at radius 2 is 2.00 bits per heavy atom. The third-order valence-electron chi connectivity index (χ3n) is 2.98. The van der Waals surface area contributed by atoms with Gasteiger partial charge in [-0.3, -0.25) is 0 Å². The van der Waals surface area contributed by atoms with Crippen molar-refractivity contribution < 1.29 is 4.74 Å². The van der Waals surface area contributed by atoms with Gasteiger partial charge in [0.1, 0.15) is 6.61 Å². The highest BCUT2D eigenvalue weighted by molar-refractivity contribution is 5.94. The number of aromatic nitrogens is 2. The van der Waals surface area contributed by atoms with E-state index in [1.807, 2.05) is 48.9 Å². The van der Waals surface area contributed by atoms with Crippen LogP contribution in [0.5, 0.6) is 0 Å². The Morgan fingerprint density at radius 3 is 2.67 bits per heavy atom. The molecular formula is C14H15N3O. The van der Waals surface area contributed by atoms with E-state index in [9.17, 15) is 0 Å². The molecule has 0 amide bonds. The van der Waals surface area contributed by atoms with Crippen LogP contribution in [0.1, 0.15) is 23.1 Å². The molecule has 92 valence electrons. The minimum absolute atomic E-state index is 0.0473. The maximum Gasteiger partial charge on any atom is 0.218 e. The normalized spacial score (nSPS) is 18.6. The number of aryl methyl sites for hydroxylation is 2. The molecule has 2 aromatic rings. The lowest BCUT2D eigenvalue weighted by atomic mass is 10.2. The zero-order chi connectivity index (χ0) is 12.5. The summed E-state index contributed by atoms with van der Waals surface area (Å²) in [5.41, 5.74) is 3.14. The lowest BCUT2D eigenvalue weighted by molar-refractivity contribution is 0.275. The first kappa shape index (κ1) is 11.0. The molecule has 0 radical (unpaired) electrons. The van der Waals surface area contributed by atoms with Crippen LogP contribution in [0.2, 0.25) is 0 Å². The van der Waals surface area contributed by atoms with Gasteiger partial charge in [0.15, 0.2) is 6.17 Å². The molecule has 18 heavy (non-hydrogen) atoms. The van der Waals surface area contributed by atoms with Gasteiger partial charge in [-0.25, -0.2) is 9.67 Å². The third kappa shape index (κ3) is 1.90. The van der Waals surface area contributed by atoms with Gasteiger partial charge in [-0.05, 0) is 32.0 Å². The van der Waals surface area contributed by atoms with Gasteiger partial charge in [0.05, 0.1) is 5.69 Å². The number of aliphatic imine (C=N–C) groups is 1. The Bertz CT molecular complexity index is 586. The molecule has 4 heteroatoms. The fourth-order valence-electron chi connectivity index (χ4n) is 2.18. The van der Waals surface area contributed by atoms with Gasteiger partial charge in [-0.15, -0.1) is 0 Å². The fourth-order valence-corrected chi connectivity index (χ4v) is 2.18. The Hall–Kier alpha value is -2.10. The Balaban J connectivity index is 1.90. The monoisotopic (exact) mass is 241 g/mol. The highest BCUT2D eigenvalue weighted by Crippen LogP contribution is 2.21. The first-order chi connectivity index (χ1) is 8.74. The second kappa shape index (κ2) is 4.29. The number of ether oxygens (including phenoxy) is 1. The molecule has 3 rings (SSSR count). The summed E-state index contributed by atoms with van der Waals surface area (Å²) in [6.07, 6.45) is -0.0473. The SMILES string of the molecule is Cc1cc(C)n(C2COC(c3ccccc3)=N2)n1. The summed E-state index contributed by atoms with van der Waals surface area (Å²) in [7, 11) is 0. The molecule has 4 nitrogen and oxygen atoms in total. The summed E-state index contributed by atoms with van der Waals surface area (Å²) in [5.74, 6) is 0.702. The third-order valence-corrected chi connectivity index (χ3v) is 2.98. The topological polar surface area (TPSA) is 39.4 Å². The summed E-state index contributed by atoms with van der Waals surface area (Å²) < 4.78 is 7.58. The Kier molecular flexibility index (Phi) is 2.63. The van der Waals surface area contributed by atoms with Crippen LogP contribution >= 0.6 is 0 Å². The summed E-state index contributed by atoms with van der Waals surface area (Å²) >= 11 is 0. The van der Waals surface area contributed by atoms with Gasteiger partial charge in [0.25, 0.3) is 0 Å². The highest BCUT2D eigenvalue weighted by atomic mass is 16.5. The average molecular weight is 241 g/mol. The second-order valence-electron chi connectivity index (χ2n) is 4.46. The van der Waals surface area contributed by atoms with E-state index in [0.29, 0.717) is 12.5 Å². The smallest absolute Gasteiger partial charge is 0.218 e. The van der Waals surface area contributed by atoms with Crippen molar-refractivity contribution in [3.63, 3.8) is 0 Å². The van der Waals surface area contributed by atoms with E-state index in [1.54, 1.807) is 0 Å². The molecule has 1 aromatic carbocycles. The van der Waals surface area contributed by atoms with Crippen LogP contribution in [0.4, 0.5) is 0 Å². The quantitative estimate of drug-likeness (QED) is 0.810. The van der Waals surface area contributed by atoms with E-state index in [4.69, 9.17) is 4.74 Å². The summed E-state index contributed by atoms with van der Waals surface area (Å²) in [4.78, 5) is 4.60. The van der Waals surface area contributed by atoms with E-state index in [1.165, 1.54) is 0 Å². The predicted molar refractivity (Wildman–Crippen MR) is 69.7 cm³/mol. The first-order valence-electron chi connectivity index (χ1n) is 6.03. The maximum absolute atomic E-state index is 5.66. The number of benzene rings is 1. The molecule has 1 aliphatic rings. The van der Waals surface area contributed by atoms with Crippen molar-refractivity contribution in [1.29, 1.82) is 0 Å². The van der Waals surface area contributed by atoms with Crippen molar-refractivity contribution in [3.05, 3.63) is 53.3 Å². The largest absolute Gasteiger partial charge is 0.473 e. The Labute approximate surface area is 106 Å². The van der Waals surface area contributed by atoms with Crippen molar-refractivity contribution in [2.75, 3.05) is 6.61 Å². The number of hydrogen-bond acceptors (Lipinski definition) is 3. The molecule has 0 aliphatic carbocycles. The molecule has 0 N–H and O–H groups in total. The lowest BCUT2D eigenvalue weighted by Crippen LogP contribution is -2.11. The van der Waals surface area contributed by atoms with Crippen LogP contribution in [-0.2, 0) is 4.74 Å². The molecule has 0 spiro atoms. The zero-order valence-electron chi connectivity index (χ0n) is 10.5. The van der Waals surface area contributed by atoms with Gasteiger partial charge in [-0.1, -0.05) is 18.2 Å². The van der Waals surface area contributed by atoms with Gasteiger partial charge in [0, 0.05) is 11.3 Å². The molecule has 0 bridgehead atoms. The van der Waals surface area contributed by atoms with Gasteiger partial charge < -0.3 is 4.74 Å². The molecule has 1 aliphatic heterocycles. The predicted octanol–water partition coefficient (Wildman–Crippen LogP) is 2.48.